The third-order valence-electron chi connectivity index (χ3n) is 4.14. The molecular formula is C16H16FN5O. The van der Waals surface area contributed by atoms with E-state index < -0.39 is 0 Å². The van der Waals surface area contributed by atoms with Gasteiger partial charge in [0, 0.05) is 12.1 Å². The lowest BCUT2D eigenvalue weighted by atomic mass is 9.97. The molecule has 2 N–H and O–H groups in total. The molecule has 4 rings (SSSR count). The lowest BCUT2D eigenvalue weighted by Gasteiger charge is -2.12. The van der Waals surface area contributed by atoms with Crippen molar-refractivity contribution in [3.63, 3.8) is 0 Å². The van der Waals surface area contributed by atoms with Crippen molar-refractivity contribution in [2.45, 2.75) is 32.2 Å². The Labute approximate surface area is 131 Å². The maximum Gasteiger partial charge on any atom is 0.277 e. The average molecular weight is 313 g/mol. The molecule has 0 fully saturated rings. The lowest BCUT2D eigenvalue weighted by molar-refractivity contribution is 0.627. The van der Waals surface area contributed by atoms with Gasteiger partial charge in [-0.3, -0.25) is 9.89 Å². The number of H-pyrrole nitrogens is 1. The summed E-state index contributed by atoms with van der Waals surface area (Å²) in [5.74, 6) is 0.595. The molecule has 0 spiro atoms. The van der Waals surface area contributed by atoms with E-state index in [9.17, 15) is 9.18 Å². The highest BCUT2D eigenvalue weighted by molar-refractivity contribution is 5.40. The first-order valence-electron chi connectivity index (χ1n) is 7.69. The van der Waals surface area contributed by atoms with E-state index in [-0.39, 0.29) is 11.4 Å². The molecule has 0 radical (unpaired) electrons. The van der Waals surface area contributed by atoms with E-state index in [0.717, 1.165) is 42.5 Å². The molecule has 2 aromatic heterocycles. The Hall–Kier alpha value is -2.70. The molecule has 6 nitrogen and oxygen atoms in total. The fourth-order valence-electron chi connectivity index (χ4n) is 2.91. The number of hydrogen-bond donors (Lipinski definition) is 2. The zero-order valence-electron chi connectivity index (χ0n) is 12.5. The number of halogens is 1. The number of hydrogen-bond acceptors (Lipinski definition) is 4. The van der Waals surface area contributed by atoms with Crippen LogP contribution in [0.15, 0.2) is 29.1 Å². The minimum atomic E-state index is -0.265. The third kappa shape index (κ3) is 2.58. The Bertz CT molecular complexity index is 913. The van der Waals surface area contributed by atoms with Gasteiger partial charge < -0.3 is 5.32 Å². The van der Waals surface area contributed by atoms with Crippen LogP contribution >= 0.6 is 0 Å². The average Bonchev–Trinajstić information content (AvgIpc) is 2.98. The largest absolute Gasteiger partial charge is 0.351 e. The van der Waals surface area contributed by atoms with Gasteiger partial charge in [-0.05, 0) is 43.4 Å². The third-order valence-corrected chi connectivity index (χ3v) is 4.14. The SMILES string of the molecule is O=c1c2c(nc3nc(NCc4ccc(F)cc4)[nH]n13)CCCC2. The van der Waals surface area contributed by atoms with Crippen LogP contribution in [0.5, 0.6) is 0 Å². The molecule has 1 aliphatic rings. The molecule has 0 amide bonds. The van der Waals surface area contributed by atoms with Gasteiger partial charge in [-0.1, -0.05) is 12.1 Å². The Morgan fingerprint density at radius 1 is 1.17 bits per heavy atom. The van der Waals surface area contributed by atoms with E-state index in [0.29, 0.717) is 18.3 Å². The van der Waals surface area contributed by atoms with Gasteiger partial charge in [-0.2, -0.15) is 9.50 Å². The maximum atomic E-state index is 12.9. The van der Waals surface area contributed by atoms with E-state index in [1.165, 1.54) is 16.6 Å². The molecular weight excluding hydrogens is 297 g/mol. The van der Waals surface area contributed by atoms with Gasteiger partial charge in [0.1, 0.15) is 5.82 Å². The van der Waals surface area contributed by atoms with Gasteiger partial charge in [0.15, 0.2) is 0 Å². The molecule has 0 unspecified atom stereocenters. The number of nitrogens with one attached hydrogen (secondary N) is 2. The van der Waals surface area contributed by atoms with Crippen LogP contribution in [0.2, 0.25) is 0 Å². The fraction of sp³-hybridized carbons (Fsp3) is 0.312. The molecule has 2 heterocycles. The van der Waals surface area contributed by atoms with Crippen LogP contribution < -0.4 is 10.9 Å². The lowest BCUT2D eigenvalue weighted by Crippen LogP contribution is -2.25. The number of rotatable bonds is 3. The van der Waals surface area contributed by atoms with Crippen molar-refractivity contribution < 1.29 is 4.39 Å². The van der Waals surface area contributed by atoms with E-state index >= 15 is 0 Å². The van der Waals surface area contributed by atoms with Crippen LogP contribution in [-0.2, 0) is 19.4 Å². The summed E-state index contributed by atoms with van der Waals surface area (Å²) in [6, 6.07) is 6.23. The molecule has 7 heteroatoms. The number of aromatic nitrogens is 4. The first-order valence-corrected chi connectivity index (χ1v) is 7.69. The number of aryl methyl sites for hydroxylation is 1. The minimum absolute atomic E-state index is 0.0629. The molecule has 1 aromatic carbocycles. The van der Waals surface area contributed by atoms with Crippen molar-refractivity contribution in [2.75, 3.05) is 5.32 Å². The molecule has 1 aliphatic carbocycles. The summed E-state index contributed by atoms with van der Waals surface area (Å²) in [4.78, 5) is 21.3. The molecule has 0 saturated heterocycles. The first kappa shape index (κ1) is 13.9. The second-order valence-electron chi connectivity index (χ2n) is 5.74. The molecule has 3 aromatic rings. The number of aromatic amines is 1. The Balaban J connectivity index is 1.62. The zero-order valence-corrected chi connectivity index (χ0v) is 12.5. The predicted octanol–water partition coefficient (Wildman–Crippen LogP) is 2.05. The molecule has 0 bridgehead atoms. The summed E-state index contributed by atoms with van der Waals surface area (Å²) in [5.41, 5.74) is 2.53. The summed E-state index contributed by atoms with van der Waals surface area (Å²) >= 11 is 0. The quantitative estimate of drug-likeness (QED) is 0.776. The van der Waals surface area contributed by atoms with Crippen molar-refractivity contribution in [3.8, 4) is 0 Å². The smallest absolute Gasteiger partial charge is 0.277 e. The van der Waals surface area contributed by atoms with Crippen LogP contribution in [0.4, 0.5) is 10.3 Å². The predicted molar refractivity (Wildman–Crippen MR) is 84.0 cm³/mol. The van der Waals surface area contributed by atoms with Gasteiger partial charge in [0.25, 0.3) is 11.3 Å². The van der Waals surface area contributed by atoms with E-state index in [1.54, 1.807) is 12.1 Å². The second-order valence-corrected chi connectivity index (χ2v) is 5.74. The Morgan fingerprint density at radius 3 is 2.78 bits per heavy atom. The normalized spacial score (nSPS) is 14.0. The number of fused-ring (bicyclic) bond motifs is 2. The monoisotopic (exact) mass is 313 g/mol. The molecule has 0 saturated carbocycles. The summed E-state index contributed by atoms with van der Waals surface area (Å²) in [5, 5.41) is 6.04. The number of nitrogens with zero attached hydrogens (tertiary/aromatic N) is 3. The zero-order chi connectivity index (χ0) is 15.8. The maximum absolute atomic E-state index is 12.9. The molecule has 0 aliphatic heterocycles. The van der Waals surface area contributed by atoms with Crippen molar-refractivity contribution in [2.24, 2.45) is 0 Å². The van der Waals surface area contributed by atoms with Crippen LogP contribution in [0, 0.1) is 5.82 Å². The highest BCUT2D eigenvalue weighted by Crippen LogP contribution is 2.17. The van der Waals surface area contributed by atoms with Crippen molar-refractivity contribution in [1.82, 2.24) is 19.6 Å². The Morgan fingerprint density at radius 2 is 1.96 bits per heavy atom. The van der Waals surface area contributed by atoms with E-state index in [1.807, 2.05) is 0 Å². The van der Waals surface area contributed by atoms with Crippen LogP contribution in [0.3, 0.4) is 0 Å². The molecule has 0 atom stereocenters. The van der Waals surface area contributed by atoms with Gasteiger partial charge in [-0.15, -0.1) is 0 Å². The van der Waals surface area contributed by atoms with Crippen molar-refractivity contribution >= 4 is 11.7 Å². The second kappa shape index (κ2) is 5.49. The van der Waals surface area contributed by atoms with Crippen molar-refractivity contribution in [1.29, 1.82) is 0 Å². The standard InChI is InChI=1S/C16H16FN5O/c17-11-7-5-10(6-8-11)9-18-15-20-16-19-13-4-2-1-3-12(13)14(23)22(16)21-15/h5-8H,1-4,9H2,(H2,18,19,20,21). The summed E-state index contributed by atoms with van der Waals surface area (Å²) in [6.07, 6.45) is 3.71. The van der Waals surface area contributed by atoms with E-state index in [4.69, 9.17) is 0 Å². The van der Waals surface area contributed by atoms with Crippen LogP contribution in [0.25, 0.3) is 5.78 Å². The van der Waals surface area contributed by atoms with Gasteiger partial charge in [0.2, 0.25) is 5.95 Å². The van der Waals surface area contributed by atoms with Gasteiger partial charge in [-0.25, -0.2) is 9.37 Å². The number of benzene rings is 1. The van der Waals surface area contributed by atoms with E-state index in [2.05, 4.69) is 20.4 Å². The highest BCUT2D eigenvalue weighted by Gasteiger charge is 2.18. The fourth-order valence-corrected chi connectivity index (χ4v) is 2.91. The van der Waals surface area contributed by atoms with Crippen LogP contribution in [0.1, 0.15) is 29.7 Å². The van der Waals surface area contributed by atoms with Gasteiger partial charge >= 0.3 is 0 Å². The summed E-state index contributed by atoms with van der Waals surface area (Å²) in [6.45, 7) is 0.481. The Kier molecular flexibility index (Phi) is 3.33. The van der Waals surface area contributed by atoms with Crippen molar-refractivity contribution in [3.05, 3.63) is 57.3 Å². The molecule has 118 valence electrons. The number of anilines is 1. The summed E-state index contributed by atoms with van der Waals surface area (Å²) < 4.78 is 14.3. The summed E-state index contributed by atoms with van der Waals surface area (Å²) in [7, 11) is 0. The minimum Gasteiger partial charge on any atom is -0.351 e. The topological polar surface area (TPSA) is 75.1 Å². The molecule has 23 heavy (non-hydrogen) atoms. The highest BCUT2D eigenvalue weighted by atomic mass is 19.1. The first-order chi connectivity index (χ1) is 11.2. The van der Waals surface area contributed by atoms with Crippen LogP contribution in [-0.4, -0.2) is 19.6 Å². The van der Waals surface area contributed by atoms with Gasteiger partial charge in [0.05, 0.1) is 5.69 Å².